The Morgan fingerprint density at radius 3 is 1.26 bits per heavy atom. The van der Waals surface area contributed by atoms with E-state index < -0.39 is 8.07 Å². The lowest BCUT2D eigenvalue weighted by Gasteiger charge is -2.27. The lowest BCUT2D eigenvalue weighted by Crippen LogP contribution is -2.66. The average molecular weight is 687 g/mol. The molecule has 0 amide bonds. The first kappa shape index (κ1) is 32.0. The van der Waals surface area contributed by atoms with E-state index in [1.165, 1.54) is 59.7 Å². The molecule has 0 heterocycles. The Morgan fingerprint density at radius 2 is 0.792 bits per heavy atom. The van der Waals surface area contributed by atoms with Crippen LogP contribution in [0.1, 0.15) is 5.56 Å². The highest BCUT2D eigenvalue weighted by molar-refractivity contribution is 7.16. The van der Waals surface area contributed by atoms with E-state index in [1.807, 2.05) is 6.07 Å². The van der Waals surface area contributed by atoms with Crippen LogP contribution in [0.4, 0.5) is 0 Å². The molecule has 0 radical (unpaired) electrons. The summed E-state index contributed by atoms with van der Waals surface area (Å²) in [6, 6.07) is 80.3. The van der Waals surface area contributed by atoms with E-state index >= 15 is 0 Å². The summed E-state index contributed by atoms with van der Waals surface area (Å²) in [5, 5.41) is 8.36. The molecule has 9 rings (SSSR count). The second-order valence-electron chi connectivity index (χ2n) is 13.3. The van der Waals surface area contributed by atoms with Gasteiger partial charge in [-0.3, -0.25) is 0 Å². The Hall–Kier alpha value is -6.90. The predicted octanol–water partition coefficient (Wildman–Crippen LogP) is 10.7. The summed E-state index contributed by atoms with van der Waals surface area (Å²) in [5.41, 5.74) is 12.3. The van der Waals surface area contributed by atoms with E-state index in [-0.39, 0.29) is 0 Å². The third-order valence-corrected chi connectivity index (χ3v) is 14.3. The van der Waals surface area contributed by atoms with Crippen LogP contribution in [-0.2, 0) is 0 Å². The van der Waals surface area contributed by atoms with Crippen molar-refractivity contribution in [2.75, 3.05) is 0 Å². The Bertz CT molecular complexity index is 2530. The summed E-state index contributed by atoms with van der Waals surface area (Å²) in [4.78, 5) is 0. The van der Waals surface area contributed by atoms with Crippen molar-refractivity contribution >= 4 is 45.2 Å². The lowest BCUT2D eigenvalue weighted by molar-refractivity contribution is 1.58. The van der Waals surface area contributed by atoms with Crippen LogP contribution in [0.25, 0.3) is 54.9 Å². The molecule has 0 atom stereocenters. The molecule has 0 saturated carbocycles. The zero-order valence-corrected chi connectivity index (χ0v) is 30.1. The fraction of sp³-hybridized carbons (Fsp3) is 0. The highest BCUT2D eigenvalue weighted by atomic mass is 28.3. The van der Waals surface area contributed by atoms with Crippen LogP contribution in [0, 0.1) is 23.6 Å². The van der Waals surface area contributed by atoms with Gasteiger partial charge in [-0.05, 0) is 101 Å². The normalized spacial score (nSPS) is 11.1. The largest absolute Gasteiger partial charge is 0.230 e. The molecule has 0 N–H and O–H groups in total. The number of hydrogen-bond acceptors (Lipinski definition) is 0. The van der Waals surface area contributed by atoms with Gasteiger partial charge in [0.15, 0.2) is 0 Å². The van der Waals surface area contributed by atoms with Gasteiger partial charge in [-0.25, -0.2) is 0 Å². The molecule has 9 aromatic rings. The third-order valence-electron chi connectivity index (χ3n) is 10.2. The lowest BCUT2D eigenvalue weighted by atomic mass is 9.86. The zero-order valence-electron chi connectivity index (χ0n) is 29.1. The fourth-order valence-corrected chi connectivity index (χ4v) is 11.5. The van der Waals surface area contributed by atoms with Gasteiger partial charge in [-0.15, -0.1) is 5.54 Å². The Morgan fingerprint density at radius 1 is 0.358 bits per heavy atom. The number of rotatable bonds is 6. The van der Waals surface area contributed by atoms with Crippen molar-refractivity contribution in [2.24, 2.45) is 0 Å². The number of hydrogen-bond donors (Lipinski definition) is 0. The van der Waals surface area contributed by atoms with Crippen LogP contribution < -0.4 is 15.6 Å². The van der Waals surface area contributed by atoms with Gasteiger partial charge in [-0.2, -0.15) is 0 Å². The molecule has 0 aliphatic rings. The summed E-state index contributed by atoms with van der Waals surface area (Å²) in [6.45, 7) is 0. The van der Waals surface area contributed by atoms with Crippen LogP contribution >= 0.6 is 0 Å². The second kappa shape index (κ2) is 14.0. The summed E-state index contributed by atoms with van der Waals surface area (Å²) in [6.07, 6.45) is 0. The fourth-order valence-electron chi connectivity index (χ4n) is 7.77. The van der Waals surface area contributed by atoms with E-state index in [4.69, 9.17) is 0 Å². The van der Waals surface area contributed by atoms with Crippen molar-refractivity contribution in [2.45, 2.75) is 0 Å². The van der Waals surface area contributed by atoms with Gasteiger partial charge in [0, 0.05) is 5.56 Å². The van der Waals surface area contributed by atoms with Gasteiger partial charge in [-0.1, -0.05) is 194 Å². The Balaban J connectivity index is 1.35. The molecule has 0 nitrogen and oxygen atoms in total. The first-order valence-electron chi connectivity index (χ1n) is 18.0. The van der Waals surface area contributed by atoms with Crippen LogP contribution in [-0.4, -0.2) is 8.07 Å². The average Bonchev–Trinajstić information content (AvgIpc) is 3.25. The molecule has 0 aromatic heterocycles. The molecule has 0 fully saturated rings. The van der Waals surface area contributed by atoms with E-state index in [9.17, 15) is 0 Å². The van der Waals surface area contributed by atoms with Crippen molar-refractivity contribution < 1.29 is 0 Å². The molecule has 0 saturated heterocycles. The van der Waals surface area contributed by atoms with Gasteiger partial charge >= 0.3 is 0 Å². The summed E-state index contributed by atoms with van der Waals surface area (Å²) in [5.74, 6) is 3.91. The standard InChI is InChI=1S/C52H34Si/c1-6-20-39(21-7-1)41-36-42(40-22-8-2-9-23-40)38-43(37-41)52-50-32-18-16-30-47(50)49(48-31-17-19-33-51(48)52)34-35-53(44-24-10-3-11-25-44,45-26-12-4-13-27-45)46-28-14-5-15-29-46/h1-4,6-14,16-33,36-38H. The molecular weight excluding hydrogens is 653 g/mol. The predicted molar refractivity (Wildman–Crippen MR) is 226 cm³/mol. The molecule has 0 aliphatic heterocycles. The van der Waals surface area contributed by atoms with Crippen LogP contribution in [0.3, 0.4) is 0 Å². The van der Waals surface area contributed by atoms with E-state index in [1.54, 1.807) is 0 Å². The van der Waals surface area contributed by atoms with Gasteiger partial charge < -0.3 is 0 Å². The van der Waals surface area contributed by atoms with Crippen molar-refractivity contribution in [3.63, 3.8) is 0 Å². The molecule has 9 aromatic carbocycles. The second-order valence-corrected chi connectivity index (χ2v) is 16.8. The van der Waals surface area contributed by atoms with E-state index in [2.05, 4.69) is 224 Å². The van der Waals surface area contributed by atoms with Crippen LogP contribution in [0.15, 0.2) is 206 Å². The van der Waals surface area contributed by atoms with Crippen LogP contribution in [0.2, 0.25) is 0 Å². The van der Waals surface area contributed by atoms with Crippen molar-refractivity contribution in [1.82, 2.24) is 0 Å². The van der Waals surface area contributed by atoms with E-state index in [0.29, 0.717) is 0 Å². The highest BCUT2D eigenvalue weighted by Gasteiger charge is 2.38. The van der Waals surface area contributed by atoms with Gasteiger partial charge in [0.1, 0.15) is 0 Å². The molecule has 53 heavy (non-hydrogen) atoms. The van der Waals surface area contributed by atoms with Gasteiger partial charge in [0.2, 0.25) is 8.07 Å². The molecule has 246 valence electrons. The minimum absolute atomic E-state index is 1.05. The molecule has 0 bridgehead atoms. The SMILES string of the molecule is C(#C[Si](c1cc#ccc1)(c1ccccc1)c1ccccc1)c1c2ccccc2c(-c2cc(-c3ccccc3)cc(-c3ccccc3)c2)c2ccccc12. The Labute approximate surface area is 312 Å². The van der Waals surface area contributed by atoms with E-state index in [0.717, 1.165) is 16.3 Å². The summed E-state index contributed by atoms with van der Waals surface area (Å²) >= 11 is 0. The van der Waals surface area contributed by atoms with Gasteiger partial charge in [0.25, 0.3) is 0 Å². The molecule has 1 heteroatoms. The zero-order chi connectivity index (χ0) is 35.5. The first-order valence-corrected chi connectivity index (χ1v) is 20.0. The van der Waals surface area contributed by atoms with Crippen molar-refractivity contribution in [3.8, 4) is 44.8 Å². The third kappa shape index (κ3) is 5.91. The quantitative estimate of drug-likeness (QED) is 0.0928. The van der Waals surface area contributed by atoms with Gasteiger partial charge in [0.05, 0.1) is 0 Å². The Kier molecular flexibility index (Phi) is 8.47. The number of fused-ring (bicyclic) bond motifs is 2. The summed E-state index contributed by atoms with van der Waals surface area (Å²) < 4.78 is 0. The minimum Gasteiger partial charge on any atom is -0.109 e. The van der Waals surface area contributed by atoms with Crippen molar-refractivity contribution in [3.05, 3.63) is 224 Å². The molecular formula is C52H34Si. The van der Waals surface area contributed by atoms with Crippen molar-refractivity contribution in [1.29, 1.82) is 0 Å². The maximum Gasteiger partial charge on any atom is 0.230 e. The minimum atomic E-state index is -2.86. The number of benzene rings is 8. The van der Waals surface area contributed by atoms with Crippen LogP contribution in [0.5, 0.6) is 0 Å². The molecule has 0 aliphatic carbocycles. The topological polar surface area (TPSA) is 0 Å². The first-order chi connectivity index (χ1) is 26.3. The maximum absolute atomic E-state index is 4.06. The smallest absolute Gasteiger partial charge is 0.109 e. The molecule has 0 spiro atoms. The maximum atomic E-state index is 4.06. The summed E-state index contributed by atoms with van der Waals surface area (Å²) in [7, 11) is -2.86. The molecule has 0 unspecified atom stereocenters. The monoisotopic (exact) mass is 686 g/mol. The highest BCUT2D eigenvalue weighted by Crippen LogP contribution is 2.42.